The Bertz CT molecular complexity index is 744. The van der Waals surface area contributed by atoms with Crippen LogP contribution in [0.3, 0.4) is 0 Å². The fraction of sp³-hybridized carbons (Fsp3) is 0.353. The van der Waals surface area contributed by atoms with Crippen molar-refractivity contribution >= 4 is 34.8 Å². The van der Waals surface area contributed by atoms with Gasteiger partial charge in [-0.05, 0) is 31.2 Å². The molecule has 2 amide bonds. The first-order valence-electron chi connectivity index (χ1n) is 7.70. The van der Waals surface area contributed by atoms with Gasteiger partial charge in [0.05, 0.1) is 5.69 Å². The first-order chi connectivity index (χ1) is 11.9. The van der Waals surface area contributed by atoms with Gasteiger partial charge in [0.2, 0.25) is 5.91 Å². The molecule has 0 spiro atoms. The predicted molar refractivity (Wildman–Crippen MR) is 98.3 cm³/mol. The van der Waals surface area contributed by atoms with Crippen molar-refractivity contribution in [3.8, 4) is 5.75 Å². The van der Waals surface area contributed by atoms with E-state index in [9.17, 15) is 9.59 Å². The average molecular weight is 382 g/mol. The number of nitrogens with one attached hydrogen (secondary N) is 1. The van der Waals surface area contributed by atoms with E-state index in [1.807, 2.05) is 0 Å². The minimum atomic E-state index is -0.223. The Kier molecular flexibility index (Phi) is 6.78. The van der Waals surface area contributed by atoms with Gasteiger partial charge in [-0.1, -0.05) is 11.6 Å². The number of amides is 2. The molecule has 0 fully saturated rings. The smallest absolute Gasteiger partial charge is 0.263 e. The zero-order valence-electron chi connectivity index (χ0n) is 14.3. The van der Waals surface area contributed by atoms with Gasteiger partial charge in [0.15, 0.2) is 0 Å². The number of benzene rings is 1. The topological polar surface area (TPSA) is 71.5 Å². The maximum absolute atomic E-state index is 12.2. The molecule has 2 aromatic rings. The summed E-state index contributed by atoms with van der Waals surface area (Å²) in [7, 11) is 3.37. The Morgan fingerprint density at radius 3 is 2.60 bits per heavy atom. The third-order valence-corrected chi connectivity index (χ3v) is 4.73. The number of hydrogen-bond acceptors (Lipinski definition) is 5. The zero-order chi connectivity index (χ0) is 18.4. The second-order valence-corrected chi connectivity index (χ2v) is 7.08. The molecule has 1 aromatic carbocycles. The molecule has 0 radical (unpaired) electrons. The quantitative estimate of drug-likeness (QED) is 0.800. The van der Waals surface area contributed by atoms with Crippen LogP contribution in [0, 0.1) is 6.92 Å². The van der Waals surface area contributed by atoms with E-state index >= 15 is 0 Å². The van der Waals surface area contributed by atoms with E-state index < -0.39 is 0 Å². The van der Waals surface area contributed by atoms with E-state index in [0.717, 1.165) is 0 Å². The van der Waals surface area contributed by atoms with E-state index in [1.165, 1.54) is 16.2 Å². The molecule has 0 aliphatic carbocycles. The van der Waals surface area contributed by atoms with E-state index in [-0.39, 0.29) is 24.8 Å². The van der Waals surface area contributed by atoms with Crippen molar-refractivity contribution < 1.29 is 14.3 Å². The van der Waals surface area contributed by atoms with Gasteiger partial charge in [-0.15, -0.1) is 11.3 Å². The lowest BCUT2D eigenvalue weighted by atomic mass is 10.3. The number of carbonyl (C=O) groups excluding carboxylic acids is 2. The number of aryl methyl sites for hydroxylation is 1. The highest BCUT2D eigenvalue weighted by atomic mass is 35.5. The largest absolute Gasteiger partial charge is 0.486 e. The molecule has 0 saturated carbocycles. The number of nitrogens with zero attached hydrogens (tertiary/aromatic N) is 2. The summed E-state index contributed by atoms with van der Waals surface area (Å²) in [5, 5.41) is 4.10. The van der Waals surface area contributed by atoms with Gasteiger partial charge in [-0.3, -0.25) is 9.59 Å². The third-order valence-electron chi connectivity index (χ3n) is 3.35. The van der Waals surface area contributed by atoms with Crippen LogP contribution in [0.5, 0.6) is 5.75 Å². The van der Waals surface area contributed by atoms with Crippen LogP contribution < -0.4 is 10.1 Å². The van der Waals surface area contributed by atoms with Crippen LogP contribution in [0.4, 0.5) is 0 Å². The number of ether oxygens (including phenoxy) is 1. The maximum atomic E-state index is 12.2. The lowest BCUT2D eigenvalue weighted by Gasteiger charge is -2.10. The van der Waals surface area contributed by atoms with E-state index in [2.05, 4.69) is 10.3 Å². The van der Waals surface area contributed by atoms with Gasteiger partial charge >= 0.3 is 0 Å². The molecule has 8 heteroatoms. The molecule has 0 aliphatic rings. The molecular formula is C17H20ClN3O3S. The van der Waals surface area contributed by atoms with Crippen molar-refractivity contribution in [2.24, 2.45) is 0 Å². The second-order valence-electron chi connectivity index (χ2n) is 5.56. The Morgan fingerprint density at radius 2 is 1.96 bits per heavy atom. The molecule has 1 heterocycles. The molecule has 134 valence electrons. The van der Waals surface area contributed by atoms with Crippen molar-refractivity contribution in [3.63, 3.8) is 0 Å². The highest BCUT2D eigenvalue weighted by molar-refractivity contribution is 7.13. The number of carbonyl (C=O) groups is 2. The lowest BCUT2D eigenvalue weighted by Crippen LogP contribution is -2.30. The minimum absolute atomic E-state index is 0.0293. The Morgan fingerprint density at radius 1 is 1.28 bits per heavy atom. The van der Waals surface area contributed by atoms with Crippen LogP contribution in [0.1, 0.15) is 26.8 Å². The van der Waals surface area contributed by atoms with Gasteiger partial charge in [-0.25, -0.2) is 4.98 Å². The summed E-state index contributed by atoms with van der Waals surface area (Å²) in [5.74, 6) is 0.433. The second kappa shape index (κ2) is 8.82. The van der Waals surface area contributed by atoms with Crippen molar-refractivity contribution in [2.45, 2.75) is 20.0 Å². The first kappa shape index (κ1) is 19.2. The van der Waals surface area contributed by atoms with E-state index in [0.29, 0.717) is 32.9 Å². The number of thiazole rings is 1. The molecule has 0 unspecified atom stereocenters. The number of aromatic nitrogens is 1. The first-order valence-corrected chi connectivity index (χ1v) is 8.89. The van der Waals surface area contributed by atoms with Crippen LogP contribution >= 0.6 is 22.9 Å². The van der Waals surface area contributed by atoms with Crippen LogP contribution in [-0.4, -0.2) is 42.3 Å². The summed E-state index contributed by atoms with van der Waals surface area (Å²) in [4.78, 5) is 30.1. The number of halogens is 1. The van der Waals surface area contributed by atoms with Crippen LogP contribution in [0.15, 0.2) is 24.3 Å². The number of hydrogen-bond donors (Lipinski definition) is 1. The third kappa shape index (κ3) is 5.72. The highest BCUT2D eigenvalue weighted by Gasteiger charge is 2.16. The van der Waals surface area contributed by atoms with Gasteiger partial charge < -0.3 is 15.0 Å². The predicted octanol–water partition coefficient (Wildman–Crippen LogP) is 2.89. The molecule has 1 N–H and O–H groups in total. The summed E-state index contributed by atoms with van der Waals surface area (Å²) in [6, 6.07) is 7.05. The molecule has 1 aromatic heterocycles. The monoisotopic (exact) mass is 381 g/mol. The maximum Gasteiger partial charge on any atom is 0.263 e. The molecule has 0 bridgehead atoms. The SMILES string of the molecule is Cc1nc(COc2ccc(Cl)cc2)sc1C(=O)NCCC(=O)N(C)C. The van der Waals surface area contributed by atoms with E-state index in [4.69, 9.17) is 16.3 Å². The molecule has 0 atom stereocenters. The fourth-order valence-electron chi connectivity index (χ4n) is 1.99. The molecule has 25 heavy (non-hydrogen) atoms. The molecule has 2 rings (SSSR count). The van der Waals surface area contributed by atoms with Gasteiger partial charge in [0.25, 0.3) is 5.91 Å². The van der Waals surface area contributed by atoms with Gasteiger partial charge in [0.1, 0.15) is 22.2 Å². The Labute approximate surface area is 155 Å². The molecule has 0 saturated heterocycles. The summed E-state index contributed by atoms with van der Waals surface area (Å²) in [5.41, 5.74) is 0.649. The van der Waals surface area contributed by atoms with Gasteiger partial charge in [-0.2, -0.15) is 0 Å². The normalized spacial score (nSPS) is 10.4. The van der Waals surface area contributed by atoms with Crippen molar-refractivity contribution in [2.75, 3.05) is 20.6 Å². The van der Waals surface area contributed by atoms with Crippen molar-refractivity contribution in [3.05, 3.63) is 44.9 Å². The minimum Gasteiger partial charge on any atom is -0.486 e. The summed E-state index contributed by atoms with van der Waals surface area (Å²) < 4.78 is 5.64. The van der Waals surface area contributed by atoms with Gasteiger partial charge in [0, 0.05) is 32.1 Å². The standard InChI is InChI=1S/C17H20ClN3O3S/c1-11-16(17(23)19-9-8-15(22)21(2)3)25-14(20-11)10-24-13-6-4-12(18)5-7-13/h4-7H,8-10H2,1-3H3,(H,19,23). The molecule has 0 aliphatic heterocycles. The van der Waals surface area contributed by atoms with Crippen LogP contribution in [0.25, 0.3) is 0 Å². The lowest BCUT2D eigenvalue weighted by molar-refractivity contribution is -0.128. The fourth-order valence-corrected chi connectivity index (χ4v) is 3.01. The summed E-state index contributed by atoms with van der Waals surface area (Å²) in [6.45, 7) is 2.35. The molecular weight excluding hydrogens is 362 g/mol. The van der Waals surface area contributed by atoms with Crippen molar-refractivity contribution in [1.82, 2.24) is 15.2 Å². The molecule has 6 nitrogen and oxygen atoms in total. The number of rotatable bonds is 7. The van der Waals surface area contributed by atoms with Crippen LogP contribution in [0.2, 0.25) is 5.02 Å². The summed E-state index contributed by atoms with van der Waals surface area (Å²) >= 11 is 7.12. The van der Waals surface area contributed by atoms with Crippen molar-refractivity contribution in [1.29, 1.82) is 0 Å². The van der Waals surface area contributed by atoms with E-state index in [1.54, 1.807) is 45.3 Å². The van der Waals surface area contributed by atoms with Crippen LogP contribution in [-0.2, 0) is 11.4 Å². The zero-order valence-corrected chi connectivity index (χ0v) is 15.9. The highest BCUT2D eigenvalue weighted by Crippen LogP contribution is 2.21. The Balaban J connectivity index is 1.89. The Hall–Kier alpha value is -2.12. The summed E-state index contributed by atoms with van der Waals surface area (Å²) in [6.07, 6.45) is 0.267. The average Bonchev–Trinajstić information content (AvgIpc) is 2.95.